The van der Waals surface area contributed by atoms with Gasteiger partial charge < -0.3 is 4.74 Å². The van der Waals surface area contributed by atoms with Gasteiger partial charge in [0.15, 0.2) is 0 Å². The van der Waals surface area contributed by atoms with E-state index in [1.54, 1.807) is 11.8 Å². The molecule has 6 nitrogen and oxygen atoms in total. The number of thioether (sulfide) groups is 1. The Morgan fingerprint density at radius 3 is 2.71 bits per heavy atom. The van der Waals surface area contributed by atoms with Crippen LogP contribution in [0.5, 0.6) is 5.75 Å². The summed E-state index contributed by atoms with van der Waals surface area (Å²) in [7, 11) is 1.60. The zero-order valence-electron chi connectivity index (χ0n) is 12.5. The van der Waals surface area contributed by atoms with Crippen molar-refractivity contribution in [2.45, 2.75) is 25.9 Å². The average molecular weight is 306 g/mol. The van der Waals surface area contributed by atoms with Crippen LogP contribution in [0.3, 0.4) is 0 Å². The Balaban J connectivity index is 2.21. The van der Waals surface area contributed by atoms with E-state index in [-0.39, 0.29) is 11.2 Å². The van der Waals surface area contributed by atoms with Crippen molar-refractivity contribution in [1.82, 2.24) is 20.2 Å². The van der Waals surface area contributed by atoms with E-state index < -0.39 is 0 Å². The monoisotopic (exact) mass is 306 g/mol. The van der Waals surface area contributed by atoms with Gasteiger partial charge in [-0.25, -0.2) is 0 Å². The third-order valence-corrected chi connectivity index (χ3v) is 3.84. The van der Waals surface area contributed by atoms with Gasteiger partial charge in [-0.3, -0.25) is 4.79 Å². The molecule has 0 spiro atoms. The molecule has 1 aromatic heterocycles. The summed E-state index contributed by atoms with van der Waals surface area (Å²) in [6.45, 7) is 5.71. The van der Waals surface area contributed by atoms with Gasteiger partial charge in [0.25, 0.3) is 0 Å². The van der Waals surface area contributed by atoms with E-state index in [1.807, 2.05) is 45.0 Å². The number of rotatable bonds is 5. The summed E-state index contributed by atoms with van der Waals surface area (Å²) in [6.07, 6.45) is 0. The van der Waals surface area contributed by atoms with Gasteiger partial charge in [0, 0.05) is 5.41 Å². The topological polar surface area (TPSA) is 69.9 Å². The van der Waals surface area contributed by atoms with Crippen molar-refractivity contribution in [3.05, 3.63) is 24.3 Å². The summed E-state index contributed by atoms with van der Waals surface area (Å²) in [5, 5.41) is 12.2. The minimum atomic E-state index is -0.365. The third-order valence-electron chi connectivity index (χ3n) is 2.92. The summed E-state index contributed by atoms with van der Waals surface area (Å²) in [5.41, 5.74) is 0.381. The van der Waals surface area contributed by atoms with Gasteiger partial charge >= 0.3 is 0 Å². The van der Waals surface area contributed by atoms with Gasteiger partial charge in [-0.15, -0.1) is 5.10 Å². The number of nitrogens with zero attached hydrogens (tertiary/aromatic N) is 4. The van der Waals surface area contributed by atoms with E-state index in [2.05, 4.69) is 15.5 Å². The molecule has 0 amide bonds. The fourth-order valence-corrected chi connectivity index (χ4v) is 2.62. The number of methoxy groups -OCH3 is 1. The van der Waals surface area contributed by atoms with E-state index in [1.165, 1.54) is 11.8 Å². The van der Waals surface area contributed by atoms with Crippen LogP contribution in [0.1, 0.15) is 20.8 Å². The number of ether oxygens (including phenoxy) is 1. The number of benzene rings is 1. The molecule has 7 heteroatoms. The number of hydrogen-bond acceptors (Lipinski definition) is 6. The molecule has 0 radical (unpaired) electrons. The maximum Gasteiger partial charge on any atom is 0.214 e. The second-order valence-corrected chi connectivity index (χ2v) is 6.45. The molecule has 112 valence electrons. The van der Waals surface area contributed by atoms with Gasteiger partial charge in [0.05, 0.1) is 12.9 Å². The summed E-state index contributed by atoms with van der Waals surface area (Å²) >= 11 is 1.32. The predicted molar refractivity (Wildman–Crippen MR) is 80.9 cm³/mol. The fraction of sp³-hybridized carbons (Fsp3) is 0.429. The van der Waals surface area contributed by atoms with Crippen molar-refractivity contribution in [1.29, 1.82) is 0 Å². The van der Waals surface area contributed by atoms with Crippen molar-refractivity contribution in [3.8, 4) is 11.4 Å². The molecule has 0 saturated heterocycles. The van der Waals surface area contributed by atoms with E-state index in [0.29, 0.717) is 16.7 Å². The Hall–Kier alpha value is -1.89. The van der Waals surface area contributed by atoms with Crippen LogP contribution in [0.2, 0.25) is 0 Å². The van der Waals surface area contributed by atoms with Gasteiger partial charge in [-0.1, -0.05) is 44.7 Å². The number of tetrazole rings is 1. The highest BCUT2D eigenvalue weighted by Crippen LogP contribution is 2.27. The lowest BCUT2D eigenvalue weighted by molar-refractivity contribution is -0.123. The van der Waals surface area contributed by atoms with Crippen molar-refractivity contribution < 1.29 is 9.53 Å². The van der Waals surface area contributed by atoms with Crippen LogP contribution < -0.4 is 4.74 Å². The van der Waals surface area contributed by atoms with E-state index >= 15 is 0 Å². The first-order valence-electron chi connectivity index (χ1n) is 6.51. The van der Waals surface area contributed by atoms with Crippen molar-refractivity contribution in [2.75, 3.05) is 12.9 Å². The Bertz CT molecular complexity index is 634. The van der Waals surface area contributed by atoms with Crippen molar-refractivity contribution in [3.63, 3.8) is 0 Å². The number of hydrogen-bond donors (Lipinski definition) is 0. The lowest BCUT2D eigenvalue weighted by atomic mass is 9.92. The molecule has 0 aliphatic carbocycles. The number of Topliss-reactive ketones (excluding diaryl/α,β-unsaturated/α-hetero) is 1. The van der Waals surface area contributed by atoms with Crippen molar-refractivity contribution in [2.24, 2.45) is 5.41 Å². The molecular formula is C14H18N4O2S. The molecule has 0 aliphatic rings. The first-order chi connectivity index (χ1) is 9.93. The first-order valence-corrected chi connectivity index (χ1v) is 7.50. The molecule has 0 unspecified atom stereocenters. The quantitative estimate of drug-likeness (QED) is 0.790. The van der Waals surface area contributed by atoms with Crippen LogP contribution in [0, 0.1) is 5.41 Å². The van der Waals surface area contributed by atoms with Gasteiger partial charge in [-0.2, -0.15) is 4.68 Å². The zero-order valence-corrected chi connectivity index (χ0v) is 13.3. The average Bonchev–Trinajstić information content (AvgIpc) is 2.91. The molecule has 0 fully saturated rings. The fourth-order valence-electron chi connectivity index (χ4n) is 1.57. The standard InChI is InChI=1S/C14H18N4O2S/c1-14(2,3)12(19)9-21-13-15-16-17-18(13)10-7-5-6-8-11(10)20-4/h5-8H,9H2,1-4H3. The molecule has 0 N–H and O–H groups in total. The van der Waals surface area contributed by atoms with E-state index in [9.17, 15) is 4.79 Å². The first kappa shape index (κ1) is 15.5. The number of ketones is 1. The molecule has 2 aromatic rings. The molecule has 1 heterocycles. The smallest absolute Gasteiger partial charge is 0.214 e. The van der Waals surface area contributed by atoms with Gasteiger partial charge in [-0.05, 0) is 22.6 Å². The van der Waals surface area contributed by atoms with Crippen LogP contribution in [-0.4, -0.2) is 38.9 Å². The van der Waals surface area contributed by atoms with Crippen LogP contribution >= 0.6 is 11.8 Å². The summed E-state index contributed by atoms with van der Waals surface area (Å²) < 4.78 is 6.89. The minimum Gasteiger partial charge on any atom is -0.494 e. The highest BCUT2D eigenvalue weighted by atomic mass is 32.2. The summed E-state index contributed by atoms with van der Waals surface area (Å²) in [5.74, 6) is 1.16. The van der Waals surface area contributed by atoms with E-state index in [4.69, 9.17) is 4.74 Å². The predicted octanol–water partition coefficient (Wildman–Crippen LogP) is 2.38. The maximum absolute atomic E-state index is 12.0. The molecule has 0 atom stereocenters. The minimum absolute atomic E-state index is 0.155. The lowest BCUT2D eigenvalue weighted by Gasteiger charge is -2.15. The lowest BCUT2D eigenvalue weighted by Crippen LogP contribution is -2.22. The normalized spacial score (nSPS) is 11.4. The second-order valence-electron chi connectivity index (χ2n) is 5.51. The SMILES string of the molecule is COc1ccccc1-n1nnnc1SCC(=O)C(C)(C)C. The summed E-state index contributed by atoms with van der Waals surface area (Å²) in [6, 6.07) is 7.47. The Labute approximate surface area is 127 Å². The Kier molecular flexibility index (Phi) is 4.62. The van der Waals surface area contributed by atoms with Crippen LogP contribution in [0.4, 0.5) is 0 Å². The van der Waals surface area contributed by atoms with Crippen molar-refractivity contribution >= 4 is 17.5 Å². The molecule has 21 heavy (non-hydrogen) atoms. The van der Waals surface area contributed by atoms with Gasteiger partial charge in [0.1, 0.15) is 17.2 Å². The van der Waals surface area contributed by atoms with Crippen LogP contribution in [0.15, 0.2) is 29.4 Å². The highest BCUT2D eigenvalue weighted by molar-refractivity contribution is 7.99. The molecule has 2 rings (SSSR count). The molecule has 0 aliphatic heterocycles. The largest absolute Gasteiger partial charge is 0.494 e. The highest BCUT2D eigenvalue weighted by Gasteiger charge is 2.22. The molecular weight excluding hydrogens is 288 g/mol. The Morgan fingerprint density at radius 2 is 2.05 bits per heavy atom. The molecule has 1 aromatic carbocycles. The number of carbonyl (C=O) groups is 1. The number of aromatic nitrogens is 4. The molecule has 0 bridgehead atoms. The third kappa shape index (κ3) is 3.60. The number of para-hydroxylation sites is 2. The zero-order chi connectivity index (χ0) is 15.5. The molecule has 0 saturated carbocycles. The van der Waals surface area contributed by atoms with E-state index in [0.717, 1.165) is 5.69 Å². The van der Waals surface area contributed by atoms with Crippen LogP contribution in [-0.2, 0) is 4.79 Å². The van der Waals surface area contributed by atoms with Gasteiger partial charge in [0.2, 0.25) is 5.16 Å². The maximum atomic E-state index is 12.0. The second kappa shape index (κ2) is 6.26. The Morgan fingerprint density at radius 1 is 1.33 bits per heavy atom. The summed E-state index contributed by atoms with van der Waals surface area (Å²) in [4.78, 5) is 12.0. The number of carbonyl (C=O) groups excluding carboxylic acids is 1. The van der Waals surface area contributed by atoms with Crippen LogP contribution in [0.25, 0.3) is 5.69 Å².